The smallest absolute Gasteiger partial charge is 0.338 e. The lowest BCUT2D eigenvalue weighted by molar-refractivity contribution is 0.0600. The molecule has 2 aromatic heterocycles. The molecule has 128 valence electrons. The molecule has 0 amide bonds. The Labute approximate surface area is 147 Å². The van der Waals surface area contributed by atoms with Gasteiger partial charge >= 0.3 is 5.97 Å². The number of pyridine rings is 1. The number of carbonyl (C=O) groups excluding carboxylic acids is 1. The third-order valence-corrected chi connectivity index (χ3v) is 3.62. The highest BCUT2D eigenvalue weighted by atomic mass is 35.5. The van der Waals surface area contributed by atoms with Crippen LogP contribution in [-0.4, -0.2) is 27.8 Å². The number of halogens is 2. The predicted molar refractivity (Wildman–Crippen MR) is 88.4 cm³/mol. The van der Waals surface area contributed by atoms with Crippen molar-refractivity contribution in [3.63, 3.8) is 0 Å². The number of carbonyl (C=O) groups is 1. The standard InChI is InChI=1S/C17H13ClFN3O3/c1-24-17(23)11-4-6-20-15(8-11)22-16(5-7-21-22)25-10-12-2-3-13(18)9-14(12)19/h2-9H,10H2,1H3. The summed E-state index contributed by atoms with van der Waals surface area (Å²) in [6, 6.07) is 9.02. The van der Waals surface area contributed by atoms with Crippen molar-refractivity contribution in [3.05, 3.63) is 70.8 Å². The van der Waals surface area contributed by atoms with Gasteiger partial charge in [-0.25, -0.2) is 14.2 Å². The molecule has 8 heteroatoms. The van der Waals surface area contributed by atoms with E-state index in [9.17, 15) is 9.18 Å². The van der Waals surface area contributed by atoms with Crippen molar-refractivity contribution in [2.75, 3.05) is 7.11 Å². The van der Waals surface area contributed by atoms with Crippen LogP contribution < -0.4 is 4.74 Å². The summed E-state index contributed by atoms with van der Waals surface area (Å²) in [7, 11) is 1.30. The fourth-order valence-corrected chi connectivity index (χ4v) is 2.30. The Kier molecular flexibility index (Phi) is 4.95. The van der Waals surface area contributed by atoms with Gasteiger partial charge in [0.05, 0.1) is 18.9 Å². The van der Waals surface area contributed by atoms with Crippen LogP contribution in [-0.2, 0) is 11.3 Å². The minimum absolute atomic E-state index is 0.00854. The van der Waals surface area contributed by atoms with Crippen molar-refractivity contribution in [1.82, 2.24) is 14.8 Å². The minimum Gasteiger partial charge on any atom is -0.473 e. The summed E-state index contributed by atoms with van der Waals surface area (Å²) in [4.78, 5) is 15.8. The molecule has 0 N–H and O–H groups in total. The zero-order valence-electron chi connectivity index (χ0n) is 13.1. The largest absolute Gasteiger partial charge is 0.473 e. The molecule has 0 atom stereocenters. The SMILES string of the molecule is COC(=O)c1ccnc(-n2nccc2OCc2ccc(Cl)cc2F)c1. The normalized spacial score (nSPS) is 10.5. The van der Waals surface area contributed by atoms with Gasteiger partial charge in [-0.2, -0.15) is 9.78 Å². The molecule has 3 rings (SSSR count). The summed E-state index contributed by atoms with van der Waals surface area (Å²) in [6.07, 6.45) is 2.98. The van der Waals surface area contributed by atoms with Gasteiger partial charge in [-0.3, -0.25) is 0 Å². The summed E-state index contributed by atoms with van der Waals surface area (Å²) >= 11 is 5.73. The topological polar surface area (TPSA) is 66.2 Å². The van der Waals surface area contributed by atoms with E-state index in [0.29, 0.717) is 27.8 Å². The number of aromatic nitrogens is 3. The number of nitrogens with zero attached hydrogens (tertiary/aromatic N) is 3. The molecule has 0 radical (unpaired) electrons. The van der Waals surface area contributed by atoms with Crippen LogP contribution in [0.25, 0.3) is 5.82 Å². The van der Waals surface area contributed by atoms with Crippen LogP contribution in [0.1, 0.15) is 15.9 Å². The second-order valence-corrected chi connectivity index (χ2v) is 5.44. The first-order valence-corrected chi connectivity index (χ1v) is 7.62. The maximum atomic E-state index is 13.8. The second kappa shape index (κ2) is 7.31. The van der Waals surface area contributed by atoms with Crippen LogP contribution >= 0.6 is 11.6 Å². The van der Waals surface area contributed by atoms with Crippen molar-refractivity contribution in [2.24, 2.45) is 0 Å². The number of ether oxygens (including phenoxy) is 2. The fourth-order valence-electron chi connectivity index (χ4n) is 2.14. The maximum Gasteiger partial charge on any atom is 0.338 e. The number of esters is 1. The third kappa shape index (κ3) is 3.77. The van der Waals surface area contributed by atoms with Gasteiger partial charge in [0.25, 0.3) is 0 Å². The quantitative estimate of drug-likeness (QED) is 0.651. The molecule has 6 nitrogen and oxygen atoms in total. The average molecular weight is 362 g/mol. The van der Waals surface area contributed by atoms with E-state index < -0.39 is 11.8 Å². The maximum absolute atomic E-state index is 13.8. The minimum atomic E-state index is -0.485. The summed E-state index contributed by atoms with van der Waals surface area (Å²) in [5.74, 6) is -0.214. The molecule has 1 aromatic carbocycles. The summed E-state index contributed by atoms with van der Waals surface area (Å²) in [6.45, 7) is -0.00854. The molecule has 3 aromatic rings. The Bertz CT molecular complexity index is 914. The molecule has 0 aliphatic carbocycles. The first kappa shape index (κ1) is 16.9. The van der Waals surface area contributed by atoms with Crippen LogP contribution in [0.5, 0.6) is 5.88 Å². The summed E-state index contributed by atoms with van der Waals surface area (Å²) in [5, 5.41) is 4.44. The van der Waals surface area contributed by atoms with E-state index in [0.717, 1.165) is 0 Å². The van der Waals surface area contributed by atoms with E-state index in [1.165, 1.54) is 42.4 Å². The van der Waals surface area contributed by atoms with E-state index in [2.05, 4.69) is 14.8 Å². The molecule has 25 heavy (non-hydrogen) atoms. The first-order chi connectivity index (χ1) is 12.1. The highest BCUT2D eigenvalue weighted by Gasteiger charge is 2.12. The molecule has 0 saturated heterocycles. The van der Waals surface area contributed by atoms with Gasteiger partial charge in [-0.15, -0.1) is 0 Å². The van der Waals surface area contributed by atoms with Gasteiger partial charge < -0.3 is 9.47 Å². The van der Waals surface area contributed by atoms with Crippen molar-refractivity contribution in [2.45, 2.75) is 6.61 Å². The Morgan fingerprint density at radius 2 is 2.08 bits per heavy atom. The van der Waals surface area contributed by atoms with Gasteiger partial charge in [0, 0.05) is 22.8 Å². The Morgan fingerprint density at radius 1 is 1.24 bits per heavy atom. The van der Waals surface area contributed by atoms with Gasteiger partial charge in [-0.05, 0) is 24.3 Å². The molecular weight excluding hydrogens is 349 g/mol. The number of rotatable bonds is 5. The molecule has 0 saturated carbocycles. The van der Waals surface area contributed by atoms with Crippen molar-refractivity contribution in [3.8, 4) is 11.7 Å². The van der Waals surface area contributed by atoms with E-state index >= 15 is 0 Å². The van der Waals surface area contributed by atoms with Crippen LogP contribution in [0.2, 0.25) is 5.02 Å². The lowest BCUT2D eigenvalue weighted by Gasteiger charge is -2.10. The number of hydrogen-bond donors (Lipinski definition) is 0. The highest BCUT2D eigenvalue weighted by molar-refractivity contribution is 6.30. The second-order valence-electron chi connectivity index (χ2n) is 5.00. The van der Waals surface area contributed by atoms with Gasteiger partial charge in [0.15, 0.2) is 5.82 Å². The monoisotopic (exact) mass is 361 g/mol. The summed E-state index contributed by atoms with van der Waals surface area (Å²) in [5.41, 5.74) is 0.686. The molecule has 0 spiro atoms. The zero-order chi connectivity index (χ0) is 17.8. The average Bonchev–Trinajstić information content (AvgIpc) is 3.09. The molecule has 0 unspecified atom stereocenters. The van der Waals surface area contributed by atoms with Crippen LogP contribution in [0.3, 0.4) is 0 Å². The van der Waals surface area contributed by atoms with Crippen LogP contribution in [0.4, 0.5) is 4.39 Å². The van der Waals surface area contributed by atoms with Gasteiger partial charge in [0.2, 0.25) is 5.88 Å². The van der Waals surface area contributed by atoms with Crippen molar-refractivity contribution < 1.29 is 18.7 Å². The Morgan fingerprint density at radius 3 is 2.84 bits per heavy atom. The molecule has 0 aliphatic heterocycles. The molecule has 0 bridgehead atoms. The highest BCUT2D eigenvalue weighted by Crippen LogP contribution is 2.20. The van der Waals surface area contributed by atoms with Crippen LogP contribution in [0.15, 0.2) is 48.8 Å². The molecule has 0 fully saturated rings. The van der Waals surface area contributed by atoms with Gasteiger partial charge in [0.1, 0.15) is 12.4 Å². The summed E-state index contributed by atoms with van der Waals surface area (Å²) < 4.78 is 25.5. The van der Waals surface area contributed by atoms with Gasteiger partial charge in [-0.1, -0.05) is 17.7 Å². The number of methoxy groups -OCH3 is 1. The third-order valence-electron chi connectivity index (χ3n) is 3.38. The van der Waals surface area contributed by atoms with E-state index in [4.69, 9.17) is 16.3 Å². The van der Waals surface area contributed by atoms with Crippen LogP contribution in [0, 0.1) is 5.82 Å². The van der Waals surface area contributed by atoms with Crippen molar-refractivity contribution in [1.29, 1.82) is 0 Å². The Hall–Kier alpha value is -2.93. The molecule has 0 aliphatic rings. The van der Waals surface area contributed by atoms with Crippen molar-refractivity contribution >= 4 is 17.6 Å². The molecule has 2 heterocycles. The van der Waals surface area contributed by atoms with E-state index in [1.54, 1.807) is 18.2 Å². The Balaban J connectivity index is 1.82. The zero-order valence-corrected chi connectivity index (χ0v) is 13.9. The fraction of sp³-hybridized carbons (Fsp3) is 0.118. The number of benzene rings is 1. The lowest BCUT2D eigenvalue weighted by atomic mass is 10.2. The predicted octanol–water partition coefficient (Wildman–Crippen LogP) is 3.43. The lowest BCUT2D eigenvalue weighted by Crippen LogP contribution is -2.08. The first-order valence-electron chi connectivity index (χ1n) is 7.24. The number of hydrogen-bond acceptors (Lipinski definition) is 5. The van der Waals surface area contributed by atoms with E-state index in [-0.39, 0.29) is 6.61 Å². The molecular formula is C17H13ClFN3O3. The van der Waals surface area contributed by atoms with E-state index in [1.807, 2.05) is 0 Å².